The normalized spacial score (nSPS) is 28.9. The Morgan fingerprint density at radius 1 is 1.59 bits per heavy atom. The first-order valence-electron chi connectivity index (χ1n) is 6.00. The van der Waals surface area contributed by atoms with Crippen LogP contribution in [0, 0.1) is 0 Å². The van der Waals surface area contributed by atoms with E-state index in [0.717, 1.165) is 11.0 Å². The highest BCUT2D eigenvalue weighted by molar-refractivity contribution is 7.46. The van der Waals surface area contributed by atoms with Crippen LogP contribution in [-0.4, -0.2) is 67.6 Å². The lowest BCUT2D eigenvalue weighted by atomic mass is 10.1. The third-order valence-corrected chi connectivity index (χ3v) is 3.47. The maximum absolute atomic E-state index is 11.0. The second-order valence-electron chi connectivity index (χ2n) is 4.45. The van der Waals surface area contributed by atoms with Crippen LogP contribution in [0.2, 0.25) is 0 Å². The molecule has 12 nitrogen and oxygen atoms in total. The highest BCUT2D eigenvalue weighted by Gasteiger charge is 2.46. The lowest BCUT2D eigenvalue weighted by Gasteiger charge is -2.18. The van der Waals surface area contributed by atoms with Crippen molar-refractivity contribution in [2.24, 2.45) is 5.73 Å². The number of hydrogen-bond acceptors (Lipinski definition) is 8. The molecule has 1 amide bonds. The molecular weight excluding hydrogens is 323 g/mol. The van der Waals surface area contributed by atoms with Gasteiger partial charge >= 0.3 is 7.82 Å². The summed E-state index contributed by atoms with van der Waals surface area (Å²) in [7, 11) is -3.39. The molecule has 0 bridgehead atoms. The average molecular weight is 338 g/mol. The Hall–Kier alpha value is -1.40. The molecule has 1 saturated heterocycles. The number of aliphatic hydroxyl groups excluding tert-OH is 1. The number of amides is 1. The molecule has 1 aromatic rings. The Morgan fingerprint density at radius 2 is 2.27 bits per heavy atom. The molecule has 1 aromatic heterocycles. The minimum Gasteiger partial charge on any atom is -0.387 e. The molecule has 2 heterocycles. The average Bonchev–Trinajstić information content (AvgIpc) is 3.00. The van der Waals surface area contributed by atoms with Crippen LogP contribution >= 0.6 is 7.82 Å². The topological polar surface area (TPSA) is 179 Å². The van der Waals surface area contributed by atoms with E-state index in [1.165, 1.54) is 7.11 Å². The minimum absolute atomic E-state index is 0.247. The summed E-state index contributed by atoms with van der Waals surface area (Å²) in [4.78, 5) is 32.0. The van der Waals surface area contributed by atoms with Crippen molar-refractivity contribution >= 4 is 13.7 Å². The largest absolute Gasteiger partial charge is 0.469 e. The van der Waals surface area contributed by atoms with Crippen LogP contribution in [0.15, 0.2) is 6.33 Å². The molecule has 0 saturated carbocycles. The number of nitrogens with two attached hydrogens (primary N) is 1. The van der Waals surface area contributed by atoms with Crippen molar-refractivity contribution in [3.8, 4) is 0 Å². The molecule has 13 heteroatoms. The van der Waals surface area contributed by atoms with Crippen LogP contribution in [0.5, 0.6) is 0 Å². The van der Waals surface area contributed by atoms with Gasteiger partial charge in [-0.2, -0.15) is 0 Å². The second-order valence-corrected chi connectivity index (χ2v) is 5.69. The summed E-state index contributed by atoms with van der Waals surface area (Å²) >= 11 is 0. The van der Waals surface area contributed by atoms with Gasteiger partial charge in [0.05, 0.1) is 6.61 Å². The number of nitrogens with zero attached hydrogens (tertiary/aromatic N) is 3. The summed E-state index contributed by atoms with van der Waals surface area (Å²) in [5.41, 5.74) is 5.04. The Kier molecular flexibility index (Phi) is 4.92. The first kappa shape index (κ1) is 17.0. The van der Waals surface area contributed by atoms with E-state index < -0.39 is 44.9 Å². The van der Waals surface area contributed by atoms with Crippen molar-refractivity contribution in [3.05, 3.63) is 12.2 Å². The van der Waals surface area contributed by atoms with Crippen molar-refractivity contribution in [2.75, 3.05) is 13.7 Å². The van der Waals surface area contributed by atoms with Crippen LogP contribution in [0.25, 0.3) is 0 Å². The predicted octanol–water partition coefficient (Wildman–Crippen LogP) is -2.24. The molecule has 1 aliphatic rings. The zero-order valence-electron chi connectivity index (χ0n) is 11.3. The number of methoxy groups -OCH3 is 1. The Labute approximate surface area is 124 Å². The van der Waals surface area contributed by atoms with E-state index in [2.05, 4.69) is 14.6 Å². The molecule has 4 atom stereocenters. The number of rotatable bonds is 6. The van der Waals surface area contributed by atoms with Gasteiger partial charge in [-0.25, -0.2) is 14.2 Å². The van der Waals surface area contributed by atoms with E-state index in [0.29, 0.717) is 0 Å². The van der Waals surface area contributed by atoms with Gasteiger partial charge in [0.25, 0.3) is 5.91 Å². The van der Waals surface area contributed by atoms with Crippen molar-refractivity contribution in [2.45, 2.75) is 24.5 Å². The standard InChI is InChI=1S/C9H15N4O8P/c1-19-6-5(14)4(2-20-22(16,17)18)21-9(6)13-3-11-8(12-13)7(10)15/h3-6,9,14H,2H2,1H3,(H2,10,15)(H2,16,17,18)/t4-,5-,6-,9-/m1/s1. The number of phosphoric ester groups is 1. The lowest BCUT2D eigenvalue weighted by molar-refractivity contribution is -0.0660. The van der Waals surface area contributed by atoms with E-state index in [9.17, 15) is 14.5 Å². The second kappa shape index (κ2) is 6.38. The van der Waals surface area contributed by atoms with Crippen molar-refractivity contribution < 1.29 is 38.3 Å². The molecule has 1 aliphatic heterocycles. The molecule has 0 spiro atoms. The number of hydrogen-bond donors (Lipinski definition) is 4. The van der Waals surface area contributed by atoms with Gasteiger partial charge in [0.1, 0.15) is 24.6 Å². The van der Waals surface area contributed by atoms with Gasteiger partial charge in [-0.3, -0.25) is 9.32 Å². The minimum atomic E-state index is -4.70. The zero-order chi connectivity index (χ0) is 16.5. The number of ether oxygens (including phenoxy) is 2. The fraction of sp³-hybridized carbons (Fsp3) is 0.667. The lowest BCUT2D eigenvalue weighted by Crippen LogP contribution is -2.35. The summed E-state index contributed by atoms with van der Waals surface area (Å²) in [6.45, 7) is -0.556. The first-order valence-corrected chi connectivity index (χ1v) is 7.53. The molecule has 1 fully saturated rings. The smallest absolute Gasteiger partial charge is 0.387 e. The van der Waals surface area contributed by atoms with Crippen molar-refractivity contribution in [1.82, 2.24) is 14.8 Å². The number of carbonyl (C=O) groups excluding carboxylic acids is 1. The predicted molar refractivity (Wildman–Crippen MR) is 67.2 cm³/mol. The molecule has 124 valence electrons. The molecule has 22 heavy (non-hydrogen) atoms. The van der Waals surface area contributed by atoms with Gasteiger partial charge in [-0.05, 0) is 0 Å². The number of primary amides is 1. The SMILES string of the molecule is CO[C@@H]1[C@H](O)[C@@H](COP(=O)(O)O)O[C@H]1n1cnc(C(N)=O)n1. The van der Waals surface area contributed by atoms with Crippen LogP contribution < -0.4 is 5.73 Å². The number of phosphoric acid groups is 1. The number of aliphatic hydroxyl groups is 1. The molecule has 0 radical (unpaired) electrons. The molecule has 5 N–H and O–H groups in total. The Balaban J connectivity index is 2.13. The maximum atomic E-state index is 11.0. The Morgan fingerprint density at radius 3 is 2.77 bits per heavy atom. The fourth-order valence-corrected chi connectivity index (χ4v) is 2.35. The van der Waals surface area contributed by atoms with Crippen molar-refractivity contribution in [1.29, 1.82) is 0 Å². The van der Waals surface area contributed by atoms with E-state index in [-0.39, 0.29) is 5.82 Å². The third kappa shape index (κ3) is 3.67. The number of carbonyl (C=O) groups is 1. The summed E-state index contributed by atoms with van der Waals surface area (Å²) in [5.74, 6) is -1.09. The highest BCUT2D eigenvalue weighted by Crippen LogP contribution is 2.38. The van der Waals surface area contributed by atoms with Gasteiger partial charge in [0.15, 0.2) is 6.23 Å². The quantitative estimate of drug-likeness (QED) is 0.414. The molecular formula is C9H15N4O8P. The monoisotopic (exact) mass is 338 g/mol. The first-order chi connectivity index (χ1) is 10.2. The number of aromatic nitrogens is 3. The zero-order valence-corrected chi connectivity index (χ0v) is 12.2. The maximum Gasteiger partial charge on any atom is 0.469 e. The van der Waals surface area contributed by atoms with Gasteiger partial charge in [0.2, 0.25) is 5.82 Å². The van der Waals surface area contributed by atoms with Crippen LogP contribution in [-0.2, 0) is 18.6 Å². The summed E-state index contributed by atoms with van der Waals surface area (Å²) in [6.07, 6.45) is -3.01. The Bertz CT molecular complexity index is 588. The van der Waals surface area contributed by atoms with E-state index in [1.54, 1.807) is 0 Å². The summed E-state index contributed by atoms with van der Waals surface area (Å²) in [5, 5.41) is 13.8. The molecule has 0 aliphatic carbocycles. The molecule has 0 aromatic carbocycles. The van der Waals surface area contributed by atoms with Gasteiger partial charge in [-0.15, -0.1) is 5.10 Å². The van der Waals surface area contributed by atoms with Crippen LogP contribution in [0.3, 0.4) is 0 Å². The molecule has 0 unspecified atom stereocenters. The summed E-state index contributed by atoms with van der Waals surface area (Å²) in [6, 6.07) is 0. The van der Waals surface area contributed by atoms with Gasteiger partial charge < -0.3 is 30.1 Å². The van der Waals surface area contributed by atoms with E-state index in [4.69, 9.17) is 25.0 Å². The van der Waals surface area contributed by atoms with Crippen molar-refractivity contribution in [3.63, 3.8) is 0 Å². The summed E-state index contributed by atoms with van der Waals surface area (Å²) < 4.78 is 26.6. The fourth-order valence-electron chi connectivity index (χ4n) is 2.00. The highest BCUT2D eigenvalue weighted by atomic mass is 31.2. The van der Waals surface area contributed by atoms with Crippen LogP contribution in [0.1, 0.15) is 16.8 Å². The third-order valence-electron chi connectivity index (χ3n) is 2.98. The van der Waals surface area contributed by atoms with E-state index in [1.807, 2.05) is 0 Å². The van der Waals surface area contributed by atoms with Crippen LogP contribution in [0.4, 0.5) is 0 Å². The van der Waals surface area contributed by atoms with Gasteiger partial charge in [-0.1, -0.05) is 0 Å². The molecule has 2 rings (SSSR count). The van der Waals surface area contributed by atoms with E-state index >= 15 is 0 Å². The van der Waals surface area contributed by atoms with Gasteiger partial charge in [0, 0.05) is 7.11 Å².